The first-order chi connectivity index (χ1) is 8.11. The van der Waals surface area contributed by atoms with E-state index in [4.69, 9.17) is 10.9 Å². The Bertz CT molecular complexity index is 581. The van der Waals surface area contributed by atoms with E-state index >= 15 is 0 Å². The highest BCUT2D eigenvalue weighted by atomic mass is 79.9. The Kier molecular flexibility index (Phi) is 3.10. The second kappa shape index (κ2) is 4.54. The van der Waals surface area contributed by atoms with Gasteiger partial charge in [0.05, 0.1) is 16.4 Å². The molecule has 7 heteroatoms. The van der Waals surface area contributed by atoms with Gasteiger partial charge in [0.1, 0.15) is 5.82 Å². The Balaban J connectivity index is 2.61. The van der Waals surface area contributed by atoms with Crippen LogP contribution in [-0.2, 0) is 0 Å². The molecule has 0 bridgehead atoms. The van der Waals surface area contributed by atoms with Gasteiger partial charge in [-0.05, 0) is 34.1 Å². The minimum atomic E-state index is -0.471. The minimum Gasteiger partial charge on any atom is -0.409 e. The lowest BCUT2D eigenvalue weighted by molar-refractivity contribution is 0.318. The summed E-state index contributed by atoms with van der Waals surface area (Å²) in [6, 6.07) is 3.96. The number of halogens is 2. The summed E-state index contributed by atoms with van der Waals surface area (Å²) in [5.41, 5.74) is 6.28. The zero-order valence-electron chi connectivity index (χ0n) is 8.51. The van der Waals surface area contributed by atoms with Gasteiger partial charge in [0, 0.05) is 11.8 Å². The maximum atomic E-state index is 13.1. The molecule has 1 aromatic heterocycles. The van der Waals surface area contributed by atoms with Crippen molar-refractivity contribution >= 4 is 21.8 Å². The third kappa shape index (κ3) is 2.28. The van der Waals surface area contributed by atoms with Gasteiger partial charge >= 0.3 is 0 Å². The zero-order chi connectivity index (χ0) is 12.4. The normalized spacial score (nSPS) is 11.8. The Morgan fingerprint density at radius 3 is 2.88 bits per heavy atom. The molecule has 5 nitrogen and oxygen atoms in total. The summed E-state index contributed by atoms with van der Waals surface area (Å²) in [7, 11) is 0. The molecular weight excluding hydrogens is 291 g/mol. The molecule has 0 fully saturated rings. The van der Waals surface area contributed by atoms with Crippen LogP contribution in [0.5, 0.6) is 0 Å². The lowest BCUT2D eigenvalue weighted by Crippen LogP contribution is -2.16. The Labute approximate surface area is 104 Å². The largest absolute Gasteiger partial charge is 0.409 e. The fraction of sp³-hybridized carbons (Fsp3) is 0. The van der Waals surface area contributed by atoms with Crippen LogP contribution in [0.3, 0.4) is 0 Å². The van der Waals surface area contributed by atoms with Crippen molar-refractivity contribution < 1.29 is 9.60 Å². The fourth-order valence-corrected chi connectivity index (χ4v) is 1.69. The van der Waals surface area contributed by atoms with E-state index in [1.807, 2.05) is 0 Å². The van der Waals surface area contributed by atoms with Crippen LogP contribution in [0, 0.1) is 5.82 Å². The third-order valence-electron chi connectivity index (χ3n) is 2.14. The van der Waals surface area contributed by atoms with E-state index in [0.717, 1.165) is 4.47 Å². The minimum absolute atomic E-state index is 0.175. The van der Waals surface area contributed by atoms with E-state index in [-0.39, 0.29) is 11.4 Å². The van der Waals surface area contributed by atoms with Gasteiger partial charge in [-0.25, -0.2) is 9.07 Å². The number of nitrogens with zero attached hydrogens (tertiary/aromatic N) is 3. The van der Waals surface area contributed by atoms with Crippen LogP contribution in [0.4, 0.5) is 4.39 Å². The summed E-state index contributed by atoms with van der Waals surface area (Å²) in [5, 5.41) is 15.6. The molecule has 0 saturated carbocycles. The van der Waals surface area contributed by atoms with E-state index in [2.05, 4.69) is 26.2 Å². The first-order valence-corrected chi connectivity index (χ1v) is 5.39. The Morgan fingerprint density at radius 2 is 2.29 bits per heavy atom. The molecule has 2 rings (SSSR count). The Hall–Kier alpha value is -1.89. The topological polar surface area (TPSA) is 76.4 Å². The molecule has 0 unspecified atom stereocenters. The molecule has 0 radical (unpaired) electrons. The number of nitrogens with two attached hydrogens (primary N) is 1. The second-order valence-corrected chi connectivity index (χ2v) is 4.17. The first kappa shape index (κ1) is 11.6. The van der Waals surface area contributed by atoms with Crippen molar-refractivity contribution in [1.82, 2.24) is 9.78 Å². The van der Waals surface area contributed by atoms with Crippen molar-refractivity contribution in [3.8, 4) is 5.69 Å². The predicted octanol–water partition coefficient (Wildman–Crippen LogP) is 1.87. The quantitative estimate of drug-likeness (QED) is 0.385. The van der Waals surface area contributed by atoms with Crippen molar-refractivity contribution in [1.29, 1.82) is 0 Å². The molecule has 0 spiro atoms. The molecule has 1 aromatic carbocycles. The van der Waals surface area contributed by atoms with Gasteiger partial charge in [-0.3, -0.25) is 0 Å². The predicted molar refractivity (Wildman–Crippen MR) is 63.7 cm³/mol. The molecule has 17 heavy (non-hydrogen) atoms. The van der Waals surface area contributed by atoms with Crippen LogP contribution in [0.2, 0.25) is 0 Å². The van der Waals surface area contributed by atoms with E-state index in [9.17, 15) is 4.39 Å². The van der Waals surface area contributed by atoms with E-state index in [0.29, 0.717) is 5.69 Å². The van der Waals surface area contributed by atoms with Gasteiger partial charge in [-0.2, -0.15) is 5.10 Å². The smallest absolute Gasteiger partial charge is 0.172 e. The molecule has 0 aliphatic carbocycles. The van der Waals surface area contributed by atoms with Crippen LogP contribution >= 0.6 is 15.9 Å². The van der Waals surface area contributed by atoms with Crippen molar-refractivity contribution in [3.05, 3.63) is 46.4 Å². The van der Waals surface area contributed by atoms with Crippen LogP contribution in [-0.4, -0.2) is 20.8 Å². The second-order valence-electron chi connectivity index (χ2n) is 3.25. The Morgan fingerprint density at radius 1 is 1.53 bits per heavy atom. The van der Waals surface area contributed by atoms with Gasteiger partial charge in [-0.15, -0.1) is 0 Å². The number of aromatic nitrogens is 2. The maximum absolute atomic E-state index is 13.1. The lowest BCUT2D eigenvalue weighted by atomic mass is 10.1. The van der Waals surface area contributed by atoms with Crippen LogP contribution in [0.25, 0.3) is 5.69 Å². The van der Waals surface area contributed by atoms with E-state index < -0.39 is 5.82 Å². The average molecular weight is 299 g/mol. The summed E-state index contributed by atoms with van der Waals surface area (Å²) in [6.07, 6.45) is 3.26. The van der Waals surface area contributed by atoms with Crippen molar-refractivity contribution in [2.45, 2.75) is 0 Å². The van der Waals surface area contributed by atoms with Gasteiger partial charge in [0.25, 0.3) is 0 Å². The van der Waals surface area contributed by atoms with Crippen molar-refractivity contribution in [3.63, 3.8) is 0 Å². The molecule has 0 aliphatic rings. The number of amidine groups is 1. The number of hydrogen-bond donors (Lipinski definition) is 2. The fourth-order valence-electron chi connectivity index (χ4n) is 1.40. The maximum Gasteiger partial charge on any atom is 0.172 e. The summed E-state index contributed by atoms with van der Waals surface area (Å²) in [5.74, 6) is -0.646. The van der Waals surface area contributed by atoms with Crippen LogP contribution in [0.1, 0.15) is 5.56 Å². The molecule has 1 heterocycles. The summed E-state index contributed by atoms with van der Waals surface area (Å²) in [6.45, 7) is 0. The summed E-state index contributed by atoms with van der Waals surface area (Å²) >= 11 is 3.25. The standard InChI is InChI=1S/C10H8BrFN4O/c11-6-4-14-16(5-6)9-2-1-7(12)3-8(9)10(13)15-17/h1-5,17H,(H2,13,15). The summed E-state index contributed by atoms with van der Waals surface area (Å²) in [4.78, 5) is 0. The van der Waals surface area contributed by atoms with Gasteiger partial charge in [0.2, 0.25) is 0 Å². The third-order valence-corrected chi connectivity index (χ3v) is 2.55. The highest BCUT2D eigenvalue weighted by Gasteiger charge is 2.11. The first-order valence-electron chi connectivity index (χ1n) is 4.60. The number of benzene rings is 1. The average Bonchev–Trinajstić information content (AvgIpc) is 2.74. The molecular formula is C10H8BrFN4O. The van der Waals surface area contributed by atoms with Gasteiger partial charge in [-0.1, -0.05) is 5.16 Å². The molecule has 0 atom stereocenters. The number of oxime groups is 1. The molecule has 88 valence electrons. The monoisotopic (exact) mass is 298 g/mol. The number of rotatable bonds is 2. The van der Waals surface area contributed by atoms with Crippen molar-refractivity contribution in [2.24, 2.45) is 10.9 Å². The highest BCUT2D eigenvalue weighted by molar-refractivity contribution is 9.10. The molecule has 2 aromatic rings. The highest BCUT2D eigenvalue weighted by Crippen LogP contribution is 2.18. The van der Waals surface area contributed by atoms with Crippen LogP contribution in [0.15, 0.2) is 40.2 Å². The molecule has 0 aliphatic heterocycles. The number of hydrogen-bond acceptors (Lipinski definition) is 3. The summed E-state index contributed by atoms with van der Waals surface area (Å²) < 4.78 is 15.4. The molecule has 0 saturated heterocycles. The SMILES string of the molecule is NC(=NO)c1cc(F)ccc1-n1cc(Br)cn1. The van der Waals surface area contributed by atoms with Crippen LogP contribution < -0.4 is 5.73 Å². The van der Waals surface area contributed by atoms with E-state index in [1.165, 1.54) is 22.9 Å². The molecule has 3 N–H and O–H groups in total. The lowest BCUT2D eigenvalue weighted by Gasteiger charge is -2.08. The van der Waals surface area contributed by atoms with E-state index in [1.54, 1.807) is 12.4 Å². The van der Waals surface area contributed by atoms with Crippen molar-refractivity contribution in [2.75, 3.05) is 0 Å². The van der Waals surface area contributed by atoms with Gasteiger partial charge in [0.15, 0.2) is 5.84 Å². The van der Waals surface area contributed by atoms with Gasteiger partial charge < -0.3 is 10.9 Å². The molecule has 0 amide bonds. The zero-order valence-corrected chi connectivity index (χ0v) is 10.1.